The molecule has 2 N–H and O–H groups in total. The molecule has 0 atom stereocenters. The lowest BCUT2D eigenvalue weighted by Gasteiger charge is -2.04. The predicted molar refractivity (Wildman–Crippen MR) is 107 cm³/mol. The summed E-state index contributed by atoms with van der Waals surface area (Å²) in [4.78, 5) is 32.3. The average Bonchev–Trinajstić information content (AvgIpc) is 3.02. The first kappa shape index (κ1) is 20.3. The summed E-state index contributed by atoms with van der Waals surface area (Å²) in [5.41, 5.74) is 7.09. The van der Waals surface area contributed by atoms with Gasteiger partial charge in [-0.15, -0.1) is 0 Å². The number of nitrogens with zero attached hydrogens (tertiary/aromatic N) is 2. The van der Waals surface area contributed by atoms with Crippen molar-refractivity contribution in [2.75, 3.05) is 12.3 Å². The third-order valence-electron chi connectivity index (χ3n) is 3.91. The minimum atomic E-state index is -0.579. The van der Waals surface area contributed by atoms with Crippen molar-refractivity contribution < 1.29 is 23.5 Å². The number of carbonyl (C=O) groups excluding carboxylic acids is 2. The van der Waals surface area contributed by atoms with E-state index in [1.54, 1.807) is 44.2 Å². The van der Waals surface area contributed by atoms with Crippen LogP contribution in [0.4, 0.5) is 5.82 Å². The fraction of sp³-hybridized carbons (Fsp3) is 0.200. The van der Waals surface area contributed by atoms with E-state index in [4.69, 9.17) is 31.2 Å². The van der Waals surface area contributed by atoms with Crippen LogP contribution in [0.3, 0.4) is 0 Å². The van der Waals surface area contributed by atoms with Crippen molar-refractivity contribution in [1.82, 2.24) is 9.97 Å². The van der Waals surface area contributed by atoms with Gasteiger partial charge in [-0.1, -0.05) is 23.7 Å². The van der Waals surface area contributed by atoms with Crippen LogP contribution in [-0.4, -0.2) is 28.5 Å². The van der Waals surface area contributed by atoms with E-state index < -0.39 is 11.9 Å². The molecule has 0 spiro atoms. The Morgan fingerprint density at radius 3 is 2.62 bits per heavy atom. The summed E-state index contributed by atoms with van der Waals surface area (Å²) in [7, 11) is 0. The number of nitrogen functional groups attached to an aromatic ring is 1. The number of furan rings is 1. The van der Waals surface area contributed by atoms with Gasteiger partial charge in [-0.05, 0) is 37.6 Å². The zero-order valence-electron chi connectivity index (χ0n) is 15.8. The van der Waals surface area contributed by atoms with Gasteiger partial charge in [0.15, 0.2) is 12.4 Å². The van der Waals surface area contributed by atoms with E-state index in [0.717, 1.165) is 5.56 Å². The number of carbonyl (C=O) groups is 2. The van der Waals surface area contributed by atoms with Crippen molar-refractivity contribution in [2.45, 2.75) is 20.5 Å². The SMILES string of the molecule is CCOC(=O)c1c(C)oc2nc(COC(=O)/C=C/c3ccc(Cl)cc3)nc(N)c12. The Hall–Kier alpha value is -3.39. The quantitative estimate of drug-likeness (QED) is 0.478. The lowest BCUT2D eigenvalue weighted by atomic mass is 10.2. The number of rotatable bonds is 6. The summed E-state index contributed by atoms with van der Waals surface area (Å²) in [6.45, 7) is 3.31. The van der Waals surface area contributed by atoms with Crippen molar-refractivity contribution in [1.29, 1.82) is 0 Å². The molecule has 0 amide bonds. The van der Waals surface area contributed by atoms with Crippen molar-refractivity contribution in [2.24, 2.45) is 0 Å². The molecule has 29 heavy (non-hydrogen) atoms. The van der Waals surface area contributed by atoms with Crippen LogP contribution in [0.25, 0.3) is 17.2 Å². The number of fused-ring (bicyclic) bond motifs is 1. The molecule has 0 saturated heterocycles. The number of ether oxygens (including phenoxy) is 2. The van der Waals surface area contributed by atoms with Gasteiger partial charge in [0.1, 0.15) is 17.1 Å². The minimum absolute atomic E-state index is 0.0395. The molecule has 0 unspecified atom stereocenters. The molecule has 8 nitrogen and oxygen atoms in total. The third kappa shape index (κ3) is 4.72. The average molecular weight is 416 g/mol. The Bertz CT molecular complexity index is 1090. The molecule has 0 saturated carbocycles. The van der Waals surface area contributed by atoms with E-state index >= 15 is 0 Å². The largest absolute Gasteiger partial charge is 0.462 e. The Morgan fingerprint density at radius 2 is 1.93 bits per heavy atom. The first-order valence-electron chi connectivity index (χ1n) is 8.72. The maximum absolute atomic E-state index is 12.1. The number of anilines is 1. The molecule has 150 valence electrons. The van der Waals surface area contributed by atoms with Crippen LogP contribution in [0.15, 0.2) is 34.8 Å². The molecular weight excluding hydrogens is 398 g/mol. The fourth-order valence-corrected chi connectivity index (χ4v) is 2.75. The van der Waals surface area contributed by atoms with Crippen LogP contribution in [0.2, 0.25) is 5.02 Å². The molecular formula is C20H18ClN3O5. The maximum atomic E-state index is 12.1. The summed E-state index contributed by atoms with van der Waals surface area (Å²) in [5, 5.41) is 0.882. The summed E-state index contributed by atoms with van der Waals surface area (Å²) >= 11 is 5.82. The minimum Gasteiger partial charge on any atom is -0.462 e. The first-order valence-corrected chi connectivity index (χ1v) is 9.09. The predicted octanol–water partition coefficient (Wildman–Crippen LogP) is 3.70. The molecule has 0 aliphatic carbocycles. The zero-order chi connectivity index (χ0) is 21.0. The Balaban J connectivity index is 1.73. The molecule has 0 aliphatic heterocycles. The Morgan fingerprint density at radius 1 is 1.21 bits per heavy atom. The van der Waals surface area contributed by atoms with Crippen molar-refractivity contribution in [3.8, 4) is 0 Å². The van der Waals surface area contributed by atoms with E-state index in [-0.39, 0.29) is 41.5 Å². The van der Waals surface area contributed by atoms with Crippen molar-refractivity contribution >= 4 is 46.5 Å². The second kappa shape index (κ2) is 8.74. The van der Waals surface area contributed by atoms with Gasteiger partial charge in [0.2, 0.25) is 5.71 Å². The van der Waals surface area contributed by atoms with Crippen molar-refractivity contribution in [3.05, 3.63) is 58.1 Å². The number of halogens is 1. The first-order chi connectivity index (χ1) is 13.9. The highest BCUT2D eigenvalue weighted by Gasteiger charge is 2.24. The van der Waals surface area contributed by atoms with E-state index in [9.17, 15) is 9.59 Å². The molecule has 0 aliphatic rings. The van der Waals surface area contributed by atoms with Crippen molar-refractivity contribution in [3.63, 3.8) is 0 Å². The van der Waals surface area contributed by atoms with Gasteiger partial charge in [-0.3, -0.25) is 0 Å². The van der Waals surface area contributed by atoms with Crippen LogP contribution in [0.5, 0.6) is 0 Å². The van der Waals surface area contributed by atoms with Crippen LogP contribution in [0.1, 0.15) is 34.4 Å². The number of aryl methyl sites for hydroxylation is 1. The van der Waals surface area contributed by atoms with E-state index in [1.165, 1.54) is 6.08 Å². The highest BCUT2D eigenvalue weighted by molar-refractivity contribution is 6.30. The molecule has 1 aromatic carbocycles. The molecule has 0 bridgehead atoms. The molecule has 3 rings (SSSR count). The summed E-state index contributed by atoms with van der Waals surface area (Å²) < 4.78 is 15.7. The topological polar surface area (TPSA) is 118 Å². The second-order valence-corrected chi connectivity index (χ2v) is 6.39. The molecule has 0 fully saturated rings. The third-order valence-corrected chi connectivity index (χ3v) is 4.16. The fourth-order valence-electron chi connectivity index (χ4n) is 2.62. The highest BCUT2D eigenvalue weighted by Crippen LogP contribution is 2.29. The number of hydrogen-bond donors (Lipinski definition) is 1. The standard InChI is InChI=1S/C20H18ClN3O5/c1-3-27-20(26)16-11(2)29-19-17(16)18(22)23-14(24-19)10-28-15(25)9-6-12-4-7-13(21)8-5-12/h4-9H,3,10H2,1-2H3,(H2,22,23,24)/b9-6+. The van der Waals surface area contributed by atoms with Gasteiger partial charge in [-0.25, -0.2) is 14.6 Å². The Labute approximate surface area is 171 Å². The van der Waals surface area contributed by atoms with Crippen LogP contribution in [0, 0.1) is 6.92 Å². The number of benzene rings is 1. The monoisotopic (exact) mass is 415 g/mol. The van der Waals surface area contributed by atoms with E-state index in [0.29, 0.717) is 10.8 Å². The van der Waals surface area contributed by atoms with Gasteiger partial charge in [-0.2, -0.15) is 4.98 Å². The summed E-state index contributed by atoms with van der Waals surface area (Å²) in [5.74, 6) is -0.639. The molecule has 3 aromatic rings. The number of esters is 2. The smallest absolute Gasteiger partial charge is 0.342 e. The normalized spacial score (nSPS) is 11.1. The van der Waals surface area contributed by atoms with E-state index in [2.05, 4.69) is 9.97 Å². The Kier molecular flexibility index (Phi) is 6.13. The second-order valence-electron chi connectivity index (χ2n) is 5.95. The zero-order valence-corrected chi connectivity index (χ0v) is 16.5. The highest BCUT2D eigenvalue weighted by atomic mass is 35.5. The number of aromatic nitrogens is 2. The maximum Gasteiger partial charge on any atom is 0.342 e. The number of nitrogens with two attached hydrogens (primary N) is 1. The molecule has 9 heteroatoms. The van der Waals surface area contributed by atoms with Crippen LogP contribution < -0.4 is 5.73 Å². The van der Waals surface area contributed by atoms with Crippen LogP contribution >= 0.6 is 11.6 Å². The summed E-state index contributed by atoms with van der Waals surface area (Å²) in [6.07, 6.45) is 2.87. The van der Waals surface area contributed by atoms with E-state index in [1.807, 2.05) is 0 Å². The number of hydrogen-bond acceptors (Lipinski definition) is 8. The van der Waals surface area contributed by atoms with Gasteiger partial charge in [0.05, 0.1) is 12.0 Å². The van der Waals surface area contributed by atoms with Gasteiger partial charge < -0.3 is 19.6 Å². The molecule has 2 aromatic heterocycles. The van der Waals surface area contributed by atoms with Gasteiger partial charge in [0, 0.05) is 11.1 Å². The lowest BCUT2D eigenvalue weighted by Crippen LogP contribution is -2.09. The summed E-state index contributed by atoms with van der Waals surface area (Å²) in [6, 6.07) is 6.97. The van der Waals surface area contributed by atoms with Crippen LogP contribution in [-0.2, 0) is 20.9 Å². The van der Waals surface area contributed by atoms with Gasteiger partial charge >= 0.3 is 11.9 Å². The van der Waals surface area contributed by atoms with Gasteiger partial charge in [0.25, 0.3) is 0 Å². The molecule has 2 heterocycles. The lowest BCUT2D eigenvalue weighted by molar-refractivity contribution is -0.139. The molecule has 0 radical (unpaired) electrons.